The average Bonchev–Trinajstić information content (AvgIpc) is 3.06. The van der Waals surface area contributed by atoms with Crippen molar-refractivity contribution in [3.05, 3.63) is 29.6 Å². The molecular weight excluding hydrogens is 333 g/mol. The predicted molar refractivity (Wildman–Crippen MR) is 88.2 cm³/mol. The van der Waals surface area contributed by atoms with Gasteiger partial charge in [-0.3, -0.25) is 0 Å². The summed E-state index contributed by atoms with van der Waals surface area (Å²) in [5, 5.41) is 0. The molecule has 0 N–H and O–H groups in total. The van der Waals surface area contributed by atoms with E-state index in [0.717, 1.165) is 45.2 Å². The number of hydrogen-bond acceptors (Lipinski definition) is 5. The minimum absolute atomic E-state index is 0.0712. The first-order chi connectivity index (χ1) is 11.4. The van der Waals surface area contributed by atoms with E-state index in [9.17, 15) is 12.8 Å². The summed E-state index contributed by atoms with van der Waals surface area (Å²) in [7, 11) is -3.54. The van der Waals surface area contributed by atoms with E-state index in [1.165, 1.54) is 6.07 Å². The van der Waals surface area contributed by atoms with E-state index < -0.39 is 15.7 Å². The van der Waals surface area contributed by atoms with Gasteiger partial charge >= 0.3 is 0 Å². The predicted octanol–water partition coefficient (Wildman–Crippen LogP) is 2.17. The zero-order valence-electron chi connectivity index (χ0n) is 13.9. The molecule has 2 fully saturated rings. The van der Waals surface area contributed by atoms with Gasteiger partial charge in [-0.05, 0) is 43.5 Å². The van der Waals surface area contributed by atoms with E-state index in [0.29, 0.717) is 18.8 Å². The third-order valence-electron chi connectivity index (χ3n) is 4.79. The second-order valence-electron chi connectivity index (χ2n) is 6.51. The van der Waals surface area contributed by atoms with Crippen LogP contribution in [0.3, 0.4) is 0 Å². The van der Waals surface area contributed by atoms with Crippen LogP contribution in [0.15, 0.2) is 23.1 Å². The third kappa shape index (κ3) is 4.14. The fraction of sp³-hybridized carbons (Fsp3) is 0.647. The molecule has 0 saturated carbocycles. The summed E-state index contributed by atoms with van der Waals surface area (Å²) in [6.45, 7) is 3.99. The Bertz CT molecular complexity index is 665. The maximum absolute atomic E-state index is 14.6. The lowest BCUT2D eigenvalue weighted by molar-refractivity contribution is -0.0523. The zero-order valence-corrected chi connectivity index (χ0v) is 14.7. The second kappa shape index (κ2) is 7.47. The Balaban J connectivity index is 1.58. The molecule has 0 bridgehead atoms. The smallest absolute Gasteiger partial charge is 0.178 e. The van der Waals surface area contributed by atoms with E-state index in [-0.39, 0.29) is 17.1 Å². The van der Waals surface area contributed by atoms with Crippen LogP contribution in [0.5, 0.6) is 0 Å². The molecule has 1 aromatic rings. The van der Waals surface area contributed by atoms with Gasteiger partial charge in [-0.2, -0.15) is 0 Å². The number of benzene rings is 1. The van der Waals surface area contributed by atoms with Gasteiger partial charge in [0.2, 0.25) is 0 Å². The van der Waals surface area contributed by atoms with E-state index in [1.807, 2.05) is 0 Å². The van der Waals surface area contributed by atoms with Crippen molar-refractivity contribution in [1.82, 2.24) is 4.90 Å². The number of ether oxygens (including phenoxy) is 2. The van der Waals surface area contributed by atoms with E-state index in [1.54, 1.807) is 12.1 Å². The summed E-state index contributed by atoms with van der Waals surface area (Å²) in [4.78, 5) is 2.14. The highest BCUT2D eigenvalue weighted by atomic mass is 32.2. The minimum Gasteiger partial charge on any atom is -0.350 e. The van der Waals surface area contributed by atoms with Gasteiger partial charge in [0.05, 0.1) is 13.2 Å². The van der Waals surface area contributed by atoms with Crippen molar-refractivity contribution in [3.63, 3.8) is 0 Å². The number of hydrogen-bond donors (Lipinski definition) is 0. The van der Waals surface area contributed by atoms with E-state index >= 15 is 0 Å². The quantitative estimate of drug-likeness (QED) is 0.808. The molecule has 1 aromatic carbocycles. The summed E-state index contributed by atoms with van der Waals surface area (Å²) in [6, 6.07) is 4.69. The molecule has 0 spiro atoms. The standard InChI is InChI=1S/C17H24FNO4S/c1-24(20,21)15-4-2-3-14(17(15)18)13-5-8-19(9-6-13)10-7-16-22-11-12-23-16/h2-4,13,16H,5-12H2,1H3. The molecule has 134 valence electrons. The fourth-order valence-electron chi connectivity index (χ4n) is 3.46. The Morgan fingerprint density at radius 2 is 1.88 bits per heavy atom. The summed E-state index contributed by atoms with van der Waals surface area (Å²) in [5.41, 5.74) is 0.528. The van der Waals surface area contributed by atoms with Crippen LogP contribution in [0.2, 0.25) is 0 Å². The lowest BCUT2D eigenvalue weighted by Crippen LogP contribution is -2.35. The Morgan fingerprint density at radius 3 is 2.50 bits per heavy atom. The largest absolute Gasteiger partial charge is 0.350 e. The van der Waals surface area contributed by atoms with Crippen molar-refractivity contribution in [3.8, 4) is 0 Å². The zero-order chi connectivity index (χ0) is 17.2. The maximum Gasteiger partial charge on any atom is 0.178 e. The molecule has 7 heteroatoms. The Kier molecular flexibility index (Phi) is 5.54. The SMILES string of the molecule is CS(=O)(=O)c1cccc(C2CCN(CCC3OCCO3)CC2)c1F. The van der Waals surface area contributed by atoms with Crippen LogP contribution >= 0.6 is 0 Å². The molecule has 3 rings (SSSR count). The van der Waals surface area contributed by atoms with Crippen molar-refractivity contribution in [2.75, 3.05) is 39.1 Å². The number of halogens is 1. The van der Waals surface area contributed by atoms with Gasteiger partial charge < -0.3 is 14.4 Å². The molecule has 0 unspecified atom stereocenters. The average molecular weight is 357 g/mol. The van der Waals surface area contributed by atoms with Crippen LogP contribution in [0.25, 0.3) is 0 Å². The normalized spacial score (nSPS) is 21.4. The van der Waals surface area contributed by atoms with Crippen LogP contribution in [-0.2, 0) is 19.3 Å². The van der Waals surface area contributed by atoms with Gasteiger partial charge in [-0.25, -0.2) is 12.8 Å². The number of likely N-dealkylation sites (tertiary alicyclic amines) is 1. The first kappa shape index (κ1) is 17.8. The molecule has 0 aliphatic carbocycles. The molecule has 24 heavy (non-hydrogen) atoms. The summed E-state index contributed by atoms with van der Waals surface area (Å²) in [6.07, 6.45) is 3.47. The number of nitrogens with zero attached hydrogens (tertiary/aromatic N) is 1. The molecule has 2 heterocycles. The van der Waals surface area contributed by atoms with Gasteiger partial charge in [0.15, 0.2) is 16.1 Å². The van der Waals surface area contributed by atoms with E-state index in [4.69, 9.17) is 9.47 Å². The maximum atomic E-state index is 14.6. The van der Waals surface area contributed by atoms with Crippen molar-refractivity contribution < 1.29 is 22.3 Å². The molecule has 0 radical (unpaired) electrons. The lowest BCUT2D eigenvalue weighted by atomic mass is 9.89. The van der Waals surface area contributed by atoms with Gasteiger partial charge in [0.25, 0.3) is 0 Å². The molecule has 2 aliphatic rings. The van der Waals surface area contributed by atoms with Crippen LogP contribution in [0, 0.1) is 5.82 Å². The first-order valence-corrected chi connectivity index (χ1v) is 10.3. The van der Waals surface area contributed by atoms with Crippen molar-refractivity contribution in [2.24, 2.45) is 0 Å². The highest BCUT2D eigenvalue weighted by Gasteiger charge is 2.26. The monoisotopic (exact) mass is 357 g/mol. The van der Waals surface area contributed by atoms with Crippen LogP contribution in [0.4, 0.5) is 4.39 Å². The summed E-state index contributed by atoms with van der Waals surface area (Å²) < 4.78 is 48.8. The molecule has 0 atom stereocenters. The first-order valence-electron chi connectivity index (χ1n) is 8.39. The molecule has 2 saturated heterocycles. The highest BCUT2D eigenvalue weighted by Crippen LogP contribution is 2.32. The van der Waals surface area contributed by atoms with Gasteiger partial charge in [-0.15, -0.1) is 0 Å². The lowest BCUT2D eigenvalue weighted by Gasteiger charge is -2.32. The van der Waals surface area contributed by atoms with E-state index in [2.05, 4.69) is 4.90 Å². The molecule has 5 nitrogen and oxygen atoms in total. The van der Waals surface area contributed by atoms with Gasteiger partial charge in [0, 0.05) is 19.2 Å². The van der Waals surface area contributed by atoms with Crippen LogP contribution in [-0.4, -0.2) is 58.7 Å². The Labute approximate surface area is 142 Å². The third-order valence-corrected chi connectivity index (χ3v) is 5.91. The molecule has 0 aromatic heterocycles. The molecule has 2 aliphatic heterocycles. The minimum atomic E-state index is -3.54. The fourth-order valence-corrected chi connectivity index (χ4v) is 4.23. The Morgan fingerprint density at radius 1 is 1.21 bits per heavy atom. The Hall–Kier alpha value is -1.02. The van der Waals surface area contributed by atoms with Crippen molar-refractivity contribution in [2.45, 2.75) is 36.4 Å². The van der Waals surface area contributed by atoms with Gasteiger partial charge in [0.1, 0.15) is 10.7 Å². The number of sulfone groups is 1. The summed E-state index contributed by atoms with van der Waals surface area (Å²) in [5.74, 6) is -0.506. The number of piperidine rings is 1. The summed E-state index contributed by atoms with van der Waals surface area (Å²) >= 11 is 0. The number of rotatable bonds is 5. The van der Waals surface area contributed by atoms with Crippen LogP contribution < -0.4 is 0 Å². The van der Waals surface area contributed by atoms with Gasteiger partial charge in [-0.1, -0.05) is 12.1 Å². The molecule has 0 amide bonds. The second-order valence-corrected chi connectivity index (χ2v) is 8.49. The molecular formula is C17H24FNO4S. The topological polar surface area (TPSA) is 55.8 Å². The van der Waals surface area contributed by atoms with Crippen molar-refractivity contribution >= 4 is 9.84 Å². The van der Waals surface area contributed by atoms with Crippen LogP contribution in [0.1, 0.15) is 30.7 Å². The highest BCUT2D eigenvalue weighted by molar-refractivity contribution is 7.90. The van der Waals surface area contributed by atoms with Crippen molar-refractivity contribution in [1.29, 1.82) is 0 Å².